The Kier molecular flexibility index (Phi) is 4.54. The molecule has 0 aliphatic carbocycles. The van der Waals surface area contributed by atoms with Crippen LogP contribution in [0.1, 0.15) is 17.4 Å². The Morgan fingerprint density at radius 1 is 1.14 bits per heavy atom. The zero-order valence-corrected chi connectivity index (χ0v) is 17.0. The van der Waals surface area contributed by atoms with Gasteiger partial charge in [-0.05, 0) is 18.2 Å². The summed E-state index contributed by atoms with van der Waals surface area (Å²) in [7, 11) is 1.67. The van der Waals surface area contributed by atoms with E-state index in [1.807, 2.05) is 57.9 Å². The van der Waals surface area contributed by atoms with Crippen LogP contribution < -0.4 is 5.32 Å². The van der Waals surface area contributed by atoms with Gasteiger partial charge in [0.25, 0.3) is 0 Å². The van der Waals surface area contributed by atoms with Crippen LogP contribution in [-0.4, -0.2) is 32.9 Å². The lowest BCUT2D eigenvalue weighted by Gasteiger charge is -2.31. The highest BCUT2D eigenvalue weighted by Gasteiger charge is 2.34. The van der Waals surface area contributed by atoms with Gasteiger partial charge in [-0.15, -0.1) is 0 Å². The topological polar surface area (TPSA) is 56.4 Å². The highest BCUT2D eigenvalue weighted by atomic mass is 35.5. The molecule has 0 amide bonds. The van der Waals surface area contributed by atoms with Gasteiger partial charge in [0, 0.05) is 30.5 Å². The van der Waals surface area contributed by atoms with Gasteiger partial charge in [-0.2, -0.15) is 5.10 Å². The number of rotatable bonds is 4. The Hall–Kier alpha value is -2.80. The van der Waals surface area contributed by atoms with Crippen LogP contribution in [0.5, 0.6) is 0 Å². The summed E-state index contributed by atoms with van der Waals surface area (Å²) in [5.74, 6) is 1.64. The molecule has 0 spiro atoms. The zero-order valence-electron chi connectivity index (χ0n) is 15.5. The normalized spacial score (nSPS) is 16.2. The van der Waals surface area contributed by atoms with Crippen LogP contribution in [0.4, 0.5) is 5.82 Å². The maximum Gasteiger partial charge on any atom is 0.144 e. The molecule has 0 saturated carbocycles. The molecule has 146 valence electrons. The number of halogens is 2. The van der Waals surface area contributed by atoms with E-state index in [1.165, 1.54) is 0 Å². The standard InChI is InChI=1S/C21H17Cl2N5O/c1-29-12-16-18(21-24-11-13-5-2-3-10-27(13)21)20(28-17(26-16)8-9-25-28)14-6-4-7-15(22)19(14)23/h2-11,20,26H,12H2,1H3. The number of allylic oxidation sites excluding steroid dienone is 1. The summed E-state index contributed by atoms with van der Waals surface area (Å²) >= 11 is 13.0. The molecule has 4 aromatic rings. The molecule has 1 N–H and O–H groups in total. The van der Waals surface area contributed by atoms with Crippen LogP contribution in [0.3, 0.4) is 0 Å². The van der Waals surface area contributed by atoms with Crippen LogP contribution >= 0.6 is 23.2 Å². The van der Waals surface area contributed by atoms with Crippen molar-refractivity contribution in [1.82, 2.24) is 19.2 Å². The summed E-state index contributed by atoms with van der Waals surface area (Å²) in [6, 6.07) is 13.2. The Bertz CT molecular complexity index is 1240. The lowest BCUT2D eigenvalue weighted by molar-refractivity contribution is 0.226. The van der Waals surface area contributed by atoms with Crippen LogP contribution in [0, 0.1) is 0 Å². The minimum atomic E-state index is -0.316. The molecular formula is C21H17Cl2N5O. The van der Waals surface area contributed by atoms with Crippen molar-refractivity contribution in [2.45, 2.75) is 6.04 Å². The monoisotopic (exact) mass is 425 g/mol. The van der Waals surface area contributed by atoms with Crippen molar-refractivity contribution >= 4 is 40.1 Å². The summed E-state index contributed by atoms with van der Waals surface area (Å²) in [5, 5.41) is 9.00. The summed E-state index contributed by atoms with van der Waals surface area (Å²) in [6.07, 6.45) is 5.59. The maximum atomic E-state index is 6.66. The molecular weight excluding hydrogens is 409 g/mol. The molecule has 3 aromatic heterocycles. The number of benzene rings is 1. The first-order valence-electron chi connectivity index (χ1n) is 9.08. The number of pyridine rings is 1. The molecule has 0 bridgehead atoms. The molecule has 0 saturated heterocycles. The molecule has 4 heterocycles. The average molecular weight is 426 g/mol. The third-order valence-corrected chi connectivity index (χ3v) is 5.87. The van der Waals surface area contributed by atoms with Crippen molar-refractivity contribution in [2.24, 2.45) is 0 Å². The lowest BCUT2D eigenvalue weighted by Crippen LogP contribution is -2.27. The van der Waals surface area contributed by atoms with Crippen molar-refractivity contribution in [3.05, 3.63) is 88.2 Å². The number of ether oxygens (including phenoxy) is 1. The number of methoxy groups -OCH3 is 1. The molecule has 1 aliphatic rings. The third-order valence-electron chi connectivity index (χ3n) is 5.04. The number of hydrogen-bond donors (Lipinski definition) is 1. The molecule has 1 aliphatic heterocycles. The summed E-state index contributed by atoms with van der Waals surface area (Å²) in [6.45, 7) is 0.386. The predicted octanol–water partition coefficient (Wildman–Crippen LogP) is 4.91. The predicted molar refractivity (Wildman–Crippen MR) is 114 cm³/mol. The number of hydrogen-bond acceptors (Lipinski definition) is 4. The van der Waals surface area contributed by atoms with Gasteiger partial charge in [0.2, 0.25) is 0 Å². The van der Waals surface area contributed by atoms with Crippen LogP contribution in [-0.2, 0) is 4.74 Å². The van der Waals surface area contributed by atoms with Crippen LogP contribution in [0.15, 0.2) is 66.8 Å². The minimum Gasteiger partial charge on any atom is -0.378 e. The van der Waals surface area contributed by atoms with E-state index < -0.39 is 0 Å². The van der Waals surface area contributed by atoms with E-state index in [2.05, 4.69) is 10.4 Å². The first kappa shape index (κ1) is 18.2. The smallest absolute Gasteiger partial charge is 0.144 e. The zero-order chi connectivity index (χ0) is 20.0. The van der Waals surface area contributed by atoms with Gasteiger partial charge in [0.1, 0.15) is 17.7 Å². The second kappa shape index (κ2) is 7.22. The van der Waals surface area contributed by atoms with Gasteiger partial charge in [0.15, 0.2) is 0 Å². The van der Waals surface area contributed by atoms with Gasteiger partial charge in [-0.25, -0.2) is 9.67 Å². The number of nitrogens with zero attached hydrogens (tertiary/aromatic N) is 4. The van der Waals surface area contributed by atoms with Crippen molar-refractivity contribution in [3.63, 3.8) is 0 Å². The Labute approximate surface area is 177 Å². The Morgan fingerprint density at radius 2 is 2.03 bits per heavy atom. The molecule has 29 heavy (non-hydrogen) atoms. The molecule has 5 rings (SSSR count). The quantitative estimate of drug-likeness (QED) is 0.504. The lowest BCUT2D eigenvalue weighted by atomic mass is 9.94. The molecule has 1 atom stereocenters. The summed E-state index contributed by atoms with van der Waals surface area (Å²) in [5.41, 5.74) is 3.67. The van der Waals surface area contributed by atoms with Crippen molar-refractivity contribution in [2.75, 3.05) is 19.0 Å². The minimum absolute atomic E-state index is 0.316. The van der Waals surface area contributed by atoms with Gasteiger partial charge < -0.3 is 10.1 Å². The number of nitrogens with one attached hydrogen (secondary N) is 1. The highest BCUT2D eigenvalue weighted by molar-refractivity contribution is 6.42. The Balaban J connectivity index is 1.82. The van der Waals surface area contributed by atoms with Gasteiger partial charge in [0.05, 0.1) is 40.3 Å². The first-order valence-corrected chi connectivity index (χ1v) is 9.83. The molecule has 0 radical (unpaired) electrons. The second-order valence-corrected chi connectivity index (χ2v) is 7.52. The molecule has 8 heteroatoms. The fourth-order valence-electron chi connectivity index (χ4n) is 3.81. The van der Waals surface area contributed by atoms with Crippen LogP contribution in [0.2, 0.25) is 10.0 Å². The van der Waals surface area contributed by atoms with Gasteiger partial charge in [-0.3, -0.25) is 4.40 Å². The molecule has 1 aromatic carbocycles. The summed E-state index contributed by atoms with van der Waals surface area (Å²) < 4.78 is 9.45. The second-order valence-electron chi connectivity index (χ2n) is 6.73. The Morgan fingerprint density at radius 3 is 2.90 bits per heavy atom. The summed E-state index contributed by atoms with van der Waals surface area (Å²) in [4.78, 5) is 4.73. The highest BCUT2D eigenvalue weighted by Crippen LogP contribution is 2.44. The average Bonchev–Trinajstić information content (AvgIpc) is 3.36. The fraction of sp³-hybridized carbons (Fsp3) is 0.143. The van der Waals surface area contributed by atoms with E-state index in [1.54, 1.807) is 19.4 Å². The van der Waals surface area contributed by atoms with E-state index in [4.69, 9.17) is 32.9 Å². The number of aromatic nitrogens is 4. The SMILES string of the molecule is COCC1=C(c2ncc3ccccn23)C(c2cccc(Cl)c2Cl)n2nccc2N1. The maximum absolute atomic E-state index is 6.66. The van der Waals surface area contributed by atoms with E-state index in [0.29, 0.717) is 16.7 Å². The fourth-order valence-corrected chi connectivity index (χ4v) is 4.22. The van der Waals surface area contributed by atoms with Crippen molar-refractivity contribution in [1.29, 1.82) is 0 Å². The largest absolute Gasteiger partial charge is 0.378 e. The van der Waals surface area contributed by atoms with E-state index >= 15 is 0 Å². The van der Waals surface area contributed by atoms with Crippen molar-refractivity contribution < 1.29 is 4.74 Å². The van der Waals surface area contributed by atoms with Crippen LogP contribution in [0.25, 0.3) is 11.1 Å². The number of anilines is 1. The van der Waals surface area contributed by atoms with E-state index in [0.717, 1.165) is 34.0 Å². The van der Waals surface area contributed by atoms with E-state index in [-0.39, 0.29) is 6.04 Å². The molecule has 0 fully saturated rings. The van der Waals surface area contributed by atoms with E-state index in [9.17, 15) is 0 Å². The van der Waals surface area contributed by atoms with Gasteiger partial charge in [-0.1, -0.05) is 41.4 Å². The number of imidazole rings is 1. The molecule has 6 nitrogen and oxygen atoms in total. The first-order chi connectivity index (χ1) is 14.2. The van der Waals surface area contributed by atoms with Crippen molar-refractivity contribution in [3.8, 4) is 0 Å². The van der Waals surface area contributed by atoms with Gasteiger partial charge >= 0.3 is 0 Å². The molecule has 1 unspecified atom stereocenters. The third kappa shape index (κ3) is 2.92. The number of fused-ring (bicyclic) bond motifs is 2.